The molecule has 0 aliphatic rings. The maximum absolute atomic E-state index is 12.3. The maximum Gasteiger partial charge on any atom is 0.251 e. The van der Waals surface area contributed by atoms with E-state index in [1.54, 1.807) is 7.11 Å². The molecule has 1 aromatic heterocycles. The number of allylic oxidation sites excluding steroid dienone is 1. The number of ether oxygens (including phenoxy) is 2. The Bertz CT molecular complexity index is 1410. The Morgan fingerprint density at radius 2 is 1.80 bits per heavy atom. The summed E-state index contributed by atoms with van der Waals surface area (Å²) >= 11 is 3.40. The van der Waals surface area contributed by atoms with Crippen LogP contribution in [-0.2, 0) is 13.0 Å². The number of imidazole rings is 1. The van der Waals surface area contributed by atoms with Gasteiger partial charge in [0.05, 0.1) is 24.8 Å². The summed E-state index contributed by atoms with van der Waals surface area (Å²) in [5.74, 6) is 2.63. The number of hydrogen-bond acceptors (Lipinski definition) is 4. The molecule has 0 saturated carbocycles. The van der Waals surface area contributed by atoms with Crippen LogP contribution in [0.4, 0.5) is 0 Å². The summed E-state index contributed by atoms with van der Waals surface area (Å²) < 4.78 is 14.9. The van der Waals surface area contributed by atoms with Crippen molar-refractivity contribution in [2.24, 2.45) is 0 Å². The Morgan fingerprint density at radius 3 is 2.60 bits per heavy atom. The predicted octanol–water partition coefficient (Wildman–Crippen LogP) is 7.84. The number of carbonyl (C=O) groups is 1. The van der Waals surface area contributed by atoms with Crippen molar-refractivity contribution >= 4 is 38.9 Å². The average molecular weight is 605 g/mol. The highest BCUT2D eigenvalue weighted by Gasteiger charge is 2.11. The molecular weight excluding hydrogens is 566 g/mol. The molecule has 0 saturated heterocycles. The lowest BCUT2D eigenvalue weighted by molar-refractivity contribution is 0.0953. The zero-order chi connectivity index (χ0) is 28.2. The second kappa shape index (κ2) is 15.3. The topological polar surface area (TPSA) is 65.4 Å². The molecule has 0 aliphatic heterocycles. The number of fused-ring (bicyclic) bond motifs is 1. The van der Waals surface area contributed by atoms with Gasteiger partial charge in [-0.1, -0.05) is 52.7 Å². The van der Waals surface area contributed by atoms with Gasteiger partial charge in [-0.3, -0.25) is 4.79 Å². The molecule has 0 atom stereocenters. The van der Waals surface area contributed by atoms with Crippen molar-refractivity contribution in [1.82, 2.24) is 14.9 Å². The number of carbonyl (C=O) groups excluding carboxylic acids is 1. The fraction of sp³-hybridized carbons (Fsp3) is 0.333. The first-order valence-corrected chi connectivity index (χ1v) is 14.8. The third-order valence-electron chi connectivity index (χ3n) is 6.78. The highest BCUT2D eigenvalue weighted by atomic mass is 79.9. The maximum atomic E-state index is 12.3. The smallest absolute Gasteiger partial charge is 0.251 e. The third kappa shape index (κ3) is 8.21. The molecule has 4 aromatic rings. The van der Waals surface area contributed by atoms with Crippen LogP contribution in [0.3, 0.4) is 0 Å². The van der Waals surface area contributed by atoms with Crippen molar-refractivity contribution in [3.63, 3.8) is 0 Å². The molecule has 0 unspecified atom stereocenters. The van der Waals surface area contributed by atoms with Gasteiger partial charge in [0, 0.05) is 29.5 Å². The molecule has 0 fully saturated rings. The van der Waals surface area contributed by atoms with E-state index in [0.717, 1.165) is 77.9 Å². The minimum absolute atomic E-state index is 0.0256. The lowest BCUT2D eigenvalue weighted by Gasteiger charge is -2.12. The highest BCUT2D eigenvalue weighted by Crippen LogP contribution is 2.29. The first-order valence-electron chi connectivity index (χ1n) is 14.0. The Morgan fingerprint density at radius 1 is 0.975 bits per heavy atom. The molecule has 0 aliphatic carbocycles. The summed E-state index contributed by atoms with van der Waals surface area (Å²) in [5, 5.41) is 3.02. The first kappa shape index (κ1) is 29.4. The molecule has 0 bridgehead atoms. The molecule has 0 radical (unpaired) electrons. The van der Waals surface area contributed by atoms with Crippen LogP contribution in [0.2, 0.25) is 0 Å². The quantitative estimate of drug-likeness (QED) is 0.141. The number of aryl methyl sites for hydroxylation is 2. The standard InChI is InChI=1S/C33H38BrN3O3/c1-3-11-25-15-20-30(31(24-25)39-2)40-23-10-9-22-37-29-13-7-6-12-28(29)36-32(37)14-5-4-8-21-35-33(38)26-16-18-27(34)19-17-26/h3,6-7,11-13,15-20,24H,4-5,8-10,14,21-23H2,1-2H3,(H,35,38)/b11-3+. The van der Waals surface area contributed by atoms with E-state index in [1.165, 1.54) is 5.52 Å². The summed E-state index contributed by atoms with van der Waals surface area (Å²) in [7, 11) is 1.67. The van der Waals surface area contributed by atoms with Crippen molar-refractivity contribution in [2.45, 2.75) is 52.0 Å². The number of rotatable bonds is 15. The number of halogens is 1. The number of amides is 1. The van der Waals surface area contributed by atoms with Gasteiger partial charge < -0.3 is 19.4 Å². The van der Waals surface area contributed by atoms with Gasteiger partial charge in [0.25, 0.3) is 5.91 Å². The van der Waals surface area contributed by atoms with Crippen molar-refractivity contribution in [1.29, 1.82) is 0 Å². The Hall–Kier alpha value is -3.58. The molecule has 7 heteroatoms. The fourth-order valence-corrected chi connectivity index (χ4v) is 4.97. The van der Waals surface area contributed by atoms with Crippen molar-refractivity contribution in [3.05, 3.63) is 94.2 Å². The molecule has 4 rings (SSSR count). The predicted molar refractivity (Wildman–Crippen MR) is 166 cm³/mol. The van der Waals surface area contributed by atoms with Gasteiger partial charge in [-0.05, 0) is 86.7 Å². The van der Waals surface area contributed by atoms with Gasteiger partial charge in [0.1, 0.15) is 5.82 Å². The van der Waals surface area contributed by atoms with Crippen LogP contribution in [0.5, 0.6) is 11.5 Å². The van der Waals surface area contributed by atoms with E-state index >= 15 is 0 Å². The van der Waals surface area contributed by atoms with Crippen LogP contribution < -0.4 is 14.8 Å². The molecule has 0 spiro atoms. The number of para-hydroxylation sites is 2. The SMILES string of the molecule is C/C=C/c1ccc(OCCCCn2c(CCCCCNC(=O)c3ccc(Br)cc3)nc3ccccc32)c(OC)c1. The zero-order valence-corrected chi connectivity index (χ0v) is 25.0. The Labute approximate surface area is 245 Å². The van der Waals surface area contributed by atoms with Gasteiger partial charge in [0.15, 0.2) is 11.5 Å². The van der Waals surface area contributed by atoms with E-state index in [4.69, 9.17) is 14.5 Å². The van der Waals surface area contributed by atoms with Gasteiger partial charge in [-0.15, -0.1) is 0 Å². The Kier molecular flexibility index (Phi) is 11.2. The number of unbranched alkanes of at least 4 members (excludes halogenated alkanes) is 3. The number of nitrogens with zero attached hydrogens (tertiary/aromatic N) is 2. The second-order valence-electron chi connectivity index (χ2n) is 9.71. The van der Waals surface area contributed by atoms with Gasteiger partial charge in [0.2, 0.25) is 0 Å². The van der Waals surface area contributed by atoms with E-state index in [0.29, 0.717) is 18.7 Å². The number of aromatic nitrogens is 2. The lowest BCUT2D eigenvalue weighted by atomic mass is 10.1. The normalized spacial score (nSPS) is 11.3. The van der Waals surface area contributed by atoms with Crippen LogP contribution in [-0.4, -0.2) is 35.7 Å². The monoisotopic (exact) mass is 603 g/mol. The highest BCUT2D eigenvalue weighted by molar-refractivity contribution is 9.10. The molecule has 1 N–H and O–H groups in total. The van der Waals surface area contributed by atoms with Crippen molar-refractivity contribution in [2.75, 3.05) is 20.3 Å². The molecular formula is C33H38BrN3O3. The van der Waals surface area contributed by atoms with Crippen molar-refractivity contribution < 1.29 is 14.3 Å². The number of benzene rings is 3. The summed E-state index contributed by atoms with van der Waals surface area (Å²) in [5.41, 5.74) is 4.00. The van der Waals surface area contributed by atoms with Gasteiger partial charge in [-0.2, -0.15) is 0 Å². The van der Waals surface area contributed by atoms with Gasteiger partial charge in [-0.25, -0.2) is 4.98 Å². The lowest BCUT2D eigenvalue weighted by Crippen LogP contribution is -2.24. The van der Waals surface area contributed by atoms with E-state index in [9.17, 15) is 4.79 Å². The molecule has 1 heterocycles. The second-order valence-corrected chi connectivity index (χ2v) is 10.6. The summed E-state index contributed by atoms with van der Waals surface area (Å²) in [6.45, 7) is 4.21. The average Bonchev–Trinajstić information content (AvgIpc) is 3.32. The molecule has 6 nitrogen and oxygen atoms in total. The minimum Gasteiger partial charge on any atom is -0.493 e. The molecule has 3 aromatic carbocycles. The largest absolute Gasteiger partial charge is 0.493 e. The minimum atomic E-state index is -0.0256. The van der Waals surface area contributed by atoms with E-state index < -0.39 is 0 Å². The first-order chi connectivity index (χ1) is 19.6. The van der Waals surface area contributed by atoms with Crippen LogP contribution in [0.25, 0.3) is 17.1 Å². The number of nitrogens with one attached hydrogen (secondary N) is 1. The molecule has 1 amide bonds. The Balaban J connectivity index is 1.23. The van der Waals surface area contributed by atoms with E-state index in [1.807, 2.05) is 67.6 Å². The number of hydrogen-bond donors (Lipinski definition) is 1. The van der Waals surface area contributed by atoms with Crippen molar-refractivity contribution in [3.8, 4) is 11.5 Å². The van der Waals surface area contributed by atoms with Crippen LogP contribution in [0, 0.1) is 0 Å². The number of methoxy groups -OCH3 is 1. The molecule has 40 heavy (non-hydrogen) atoms. The summed E-state index contributed by atoms with van der Waals surface area (Å²) in [4.78, 5) is 17.2. The zero-order valence-electron chi connectivity index (χ0n) is 23.4. The van der Waals surface area contributed by atoms with Crippen LogP contribution in [0.15, 0.2) is 77.3 Å². The van der Waals surface area contributed by atoms with E-state index in [-0.39, 0.29) is 5.91 Å². The van der Waals surface area contributed by atoms with E-state index in [2.05, 4.69) is 44.0 Å². The molecule has 210 valence electrons. The summed E-state index contributed by atoms with van der Waals surface area (Å²) in [6.07, 6.45) is 9.91. The third-order valence-corrected chi connectivity index (χ3v) is 7.31. The van der Waals surface area contributed by atoms with Crippen LogP contribution >= 0.6 is 15.9 Å². The fourth-order valence-electron chi connectivity index (χ4n) is 4.71. The van der Waals surface area contributed by atoms with Gasteiger partial charge >= 0.3 is 0 Å². The summed E-state index contributed by atoms with van der Waals surface area (Å²) in [6, 6.07) is 21.8. The van der Waals surface area contributed by atoms with Crippen LogP contribution in [0.1, 0.15) is 60.8 Å².